The zero-order chi connectivity index (χ0) is 13.7. The Morgan fingerprint density at radius 3 is 2.95 bits per heavy atom. The molecule has 1 aliphatic heterocycles. The number of ether oxygens (including phenoxy) is 2. The number of rotatable bonds is 6. The fourth-order valence-electron chi connectivity index (χ4n) is 2.22. The SMILES string of the molecule is Cc1ccc(OCC2CCOC2)c(CNC(C)C)c1. The molecular weight excluding hydrogens is 238 g/mol. The maximum atomic E-state index is 5.99. The molecule has 0 saturated carbocycles. The zero-order valence-corrected chi connectivity index (χ0v) is 12.2. The molecule has 1 aromatic rings. The topological polar surface area (TPSA) is 30.5 Å². The maximum Gasteiger partial charge on any atom is 0.123 e. The maximum absolute atomic E-state index is 5.99. The lowest BCUT2D eigenvalue weighted by Crippen LogP contribution is -2.22. The van der Waals surface area contributed by atoms with Crippen LogP contribution in [0, 0.1) is 12.8 Å². The number of aryl methyl sites for hydroxylation is 1. The van der Waals surface area contributed by atoms with E-state index in [4.69, 9.17) is 9.47 Å². The predicted molar refractivity (Wildman–Crippen MR) is 77.6 cm³/mol. The van der Waals surface area contributed by atoms with E-state index < -0.39 is 0 Å². The summed E-state index contributed by atoms with van der Waals surface area (Å²) >= 11 is 0. The standard InChI is InChI=1S/C16H25NO2/c1-12(2)17-9-15-8-13(3)4-5-16(15)19-11-14-6-7-18-10-14/h4-5,8,12,14,17H,6-7,9-11H2,1-3H3. The van der Waals surface area contributed by atoms with E-state index >= 15 is 0 Å². The molecule has 1 saturated heterocycles. The molecule has 0 spiro atoms. The highest BCUT2D eigenvalue weighted by atomic mass is 16.5. The van der Waals surface area contributed by atoms with Crippen molar-refractivity contribution in [2.75, 3.05) is 19.8 Å². The summed E-state index contributed by atoms with van der Waals surface area (Å²) in [6, 6.07) is 6.88. The minimum absolute atomic E-state index is 0.483. The summed E-state index contributed by atoms with van der Waals surface area (Å²) in [5.41, 5.74) is 2.52. The van der Waals surface area contributed by atoms with Gasteiger partial charge in [0.15, 0.2) is 0 Å². The Bertz CT molecular complexity index is 398. The Morgan fingerprint density at radius 1 is 1.42 bits per heavy atom. The molecule has 19 heavy (non-hydrogen) atoms. The van der Waals surface area contributed by atoms with Crippen LogP contribution in [0.4, 0.5) is 0 Å². The molecule has 106 valence electrons. The Kier molecular flexibility index (Phi) is 5.23. The van der Waals surface area contributed by atoms with Crippen LogP contribution in [0.1, 0.15) is 31.4 Å². The fourth-order valence-corrected chi connectivity index (χ4v) is 2.22. The monoisotopic (exact) mass is 263 g/mol. The second kappa shape index (κ2) is 6.92. The second-order valence-corrected chi connectivity index (χ2v) is 5.69. The van der Waals surface area contributed by atoms with Gasteiger partial charge in [-0.3, -0.25) is 0 Å². The quantitative estimate of drug-likeness (QED) is 0.856. The van der Waals surface area contributed by atoms with E-state index in [0.717, 1.165) is 38.5 Å². The van der Waals surface area contributed by atoms with Gasteiger partial charge in [0.25, 0.3) is 0 Å². The van der Waals surface area contributed by atoms with Gasteiger partial charge < -0.3 is 14.8 Å². The smallest absolute Gasteiger partial charge is 0.123 e. The molecule has 1 aromatic carbocycles. The van der Waals surface area contributed by atoms with E-state index in [2.05, 4.69) is 44.3 Å². The van der Waals surface area contributed by atoms with Crippen molar-refractivity contribution in [1.82, 2.24) is 5.32 Å². The van der Waals surface area contributed by atoms with Crippen molar-refractivity contribution in [3.63, 3.8) is 0 Å². The van der Waals surface area contributed by atoms with Gasteiger partial charge in [-0.05, 0) is 19.4 Å². The third kappa shape index (κ3) is 4.51. The molecule has 1 fully saturated rings. The molecule has 0 aromatic heterocycles. The first-order valence-corrected chi connectivity index (χ1v) is 7.18. The first-order valence-electron chi connectivity index (χ1n) is 7.18. The first kappa shape index (κ1) is 14.4. The van der Waals surface area contributed by atoms with Crippen LogP contribution < -0.4 is 10.1 Å². The highest BCUT2D eigenvalue weighted by Gasteiger charge is 2.17. The van der Waals surface area contributed by atoms with E-state index in [-0.39, 0.29) is 0 Å². The van der Waals surface area contributed by atoms with Gasteiger partial charge >= 0.3 is 0 Å². The third-order valence-corrected chi connectivity index (χ3v) is 3.42. The van der Waals surface area contributed by atoms with Gasteiger partial charge in [0.2, 0.25) is 0 Å². The Hall–Kier alpha value is -1.06. The van der Waals surface area contributed by atoms with Crippen LogP contribution in [-0.4, -0.2) is 25.9 Å². The van der Waals surface area contributed by atoms with Crippen molar-refractivity contribution in [2.24, 2.45) is 5.92 Å². The lowest BCUT2D eigenvalue weighted by atomic mass is 10.1. The van der Waals surface area contributed by atoms with E-state index in [0.29, 0.717) is 12.0 Å². The molecule has 1 N–H and O–H groups in total. The van der Waals surface area contributed by atoms with Crippen LogP contribution in [0.3, 0.4) is 0 Å². The molecule has 0 bridgehead atoms. The van der Waals surface area contributed by atoms with Gasteiger partial charge in [-0.15, -0.1) is 0 Å². The molecule has 0 aliphatic carbocycles. The highest BCUT2D eigenvalue weighted by molar-refractivity contribution is 5.36. The molecule has 0 amide bonds. The van der Waals surface area contributed by atoms with Crippen molar-refractivity contribution in [3.8, 4) is 5.75 Å². The van der Waals surface area contributed by atoms with E-state index in [1.54, 1.807) is 0 Å². The van der Waals surface area contributed by atoms with Crippen molar-refractivity contribution in [3.05, 3.63) is 29.3 Å². The summed E-state index contributed by atoms with van der Waals surface area (Å²) in [4.78, 5) is 0. The summed E-state index contributed by atoms with van der Waals surface area (Å²) in [6.45, 7) is 9.77. The first-order chi connectivity index (χ1) is 9.15. The van der Waals surface area contributed by atoms with E-state index in [9.17, 15) is 0 Å². The molecule has 2 rings (SSSR count). The number of benzene rings is 1. The summed E-state index contributed by atoms with van der Waals surface area (Å²) in [7, 11) is 0. The molecular formula is C16H25NO2. The fraction of sp³-hybridized carbons (Fsp3) is 0.625. The van der Waals surface area contributed by atoms with Gasteiger partial charge in [-0.2, -0.15) is 0 Å². The van der Waals surface area contributed by atoms with Crippen molar-refractivity contribution < 1.29 is 9.47 Å². The summed E-state index contributed by atoms with van der Waals surface area (Å²) in [6.07, 6.45) is 1.12. The van der Waals surface area contributed by atoms with Gasteiger partial charge in [0, 0.05) is 30.7 Å². The van der Waals surface area contributed by atoms with Gasteiger partial charge in [0.05, 0.1) is 13.2 Å². The van der Waals surface area contributed by atoms with Gasteiger partial charge in [0.1, 0.15) is 5.75 Å². The Morgan fingerprint density at radius 2 is 2.26 bits per heavy atom. The summed E-state index contributed by atoms with van der Waals surface area (Å²) < 4.78 is 11.4. The van der Waals surface area contributed by atoms with Crippen LogP contribution in [-0.2, 0) is 11.3 Å². The van der Waals surface area contributed by atoms with E-state index in [1.165, 1.54) is 11.1 Å². The highest BCUT2D eigenvalue weighted by Crippen LogP contribution is 2.22. The van der Waals surface area contributed by atoms with Gasteiger partial charge in [-0.25, -0.2) is 0 Å². The number of nitrogens with one attached hydrogen (secondary N) is 1. The molecule has 1 heterocycles. The second-order valence-electron chi connectivity index (χ2n) is 5.69. The third-order valence-electron chi connectivity index (χ3n) is 3.42. The summed E-state index contributed by atoms with van der Waals surface area (Å²) in [5.74, 6) is 1.55. The minimum atomic E-state index is 0.483. The molecule has 1 unspecified atom stereocenters. The number of hydrogen-bond donors (Lipinski definition) is 1. The lowest BCUT2D eigenvalue weighted by Gasteiger charge is -2.16. The minimum Gasteiger partial charge on any atom is -0.493 e. The number of hydrogen-bond acceptors (Lipinski definition) is 3. The lowest BCUT2D eigenvalue weighted by molar-refractivity contribution is 0.166. The molecule has 1 aliphatic rings. The van der Waals surface area contributed by atoms with Crippen LogP contribution in [0.2, 0.25) is 0 Å². The average Bonchev–Trinajstić information content (AvgIpc) is 2.88. The molecule has 3 nitrogen and oxygen atoms in total. The molecule has 3 heteroatoms. The van der Waals surface area contributed by atoms with Crippen LogP contribution in [0.15, 0.2) is 18.2 Å². The van der Waals surface area contributed by atoms with Crippen molar-refractivity contribution >= 4 is 0 Å². The Balaban J connectivity index is 1.96. The van der Waals surface area contributed by atoms with Crippen molar-refractivity contribution in [1.29, 1.82) is 0 Å². The van der Waals surface area contributed by atoms with Crippen LogP contribution in [0.25, 0.3) is 0 Å². The van der Waals surface area contributed by atoms with Crippen LogP contribution >= 0.6 is 0 Å². The van der Waals surface area contributed by atoms with Crippen molar-refractivity contribution in [2.45, 2.75) is 39.8 Å². The van der Waals surface area contributed by atoms with E-state index in [1.807, 2.05) is 0 Å². The predicted octanol–water partition coefficient (Wildman–Crippen LogP) is 2.91. The largest absolute Gasteiger partial charge is 0.493 e. The Labute approximate surface area is 116 Å². The molecule has 1 atom stereocenters. The average molecular weight is 263 g/mol. The normalized spacial score (nSPS) is 19.1. The van der Waals surface area contributed by atoms with Gasteiger partial charge in [-0.1, -0.05) is 31.5 Å². The van der Waals surface area contributed by atoms with Crippen LogP contribution in [0.5, 0.6) is 5.75 Å². The zero-order valence-electron chi connectivity index (χ0n) is 12.2. The summed E-state index contributed by atoms with van der Waals surface area (Å²) in [5, 5.41) is 3.45. The molecule has 0 radical (unpaired) electrons.